The van der Waals surface area contributed by atoms with E-state index in [2.05, 4.69) is 32.1 Å². The molecule has 1 saturated carbocycles. The molecule has 3 rings (SSSR count). The van der Waals surface area contributed by atoms with E-state index in [9.17, 15) is 0 Å². The van der Waals surface area contributed by atoms with Crippen LogP contribution in [0.15, 0.2) is 36.8 Å². The molecule has 2 heterocycles. The Hall–Kier alpha value is -2.17. The summed E-state index contributed by atoms with van der Waals surface area (Å²) in [5.41, 5.74) is 1.03. The van der Waals surface area contributed by atoms with Gasteiger partial charge in [0.05, 0.1) is 11.7 Å². The second-order valence-corrected chi connectivity index (χ2v) is 5.63. The zero-order valence-corrected chi connectivity index (χ0v) is 12.5. The van der Waals surface area contributed by atoms with E-state index in [1.807, 2.05) is 37.5 Å². The van der Waals surface area contributed by atoms with Crippen molar-refractivity contribution in [2.24, 2.45) is 5.92 Å². The minimum atomic E-state index is 0.164. The number of pyridine rings is 1. The predicted molar refractivity (Wildman–Crippen MR) is 84.3 cm³/mol. The van der Waals surface area contributed by atoms with Gasteiger partial charge >= 0.3 is 0 Å². The number of nitrogens with zero attached hydrogens (tertiary/aromatic N) is 4. The van der Waals surface area contributed by atoms with E-state index in [1.165, 1.54) is 12.8 Å². The SMILES string of the molecule is C[C@H](c1ccccn1)N(C)c1cc(NCC2CC2)ncn1. The largest absolute Gasteiger partial charge is 0.370 e. The summed E-state index contributed by atoms with van der Waals surface area (Å²) in [6.45, 7) is 3.14. The first kappa shape index (κ1) is 13.8. The van der Waals surface area contributed by atoms with Gasteiger partial charge in [0.1, 0.15) is 18.0 Å². The van der Waals surface area contributed by atoms with Crippen LogP contribution in [-0.4, -0.2) is 28.5 Å². The predicted octanol–water partition coefficient (Wildman–Crippen LogP) is 2.89. The molecule has 0 aliphatic heterocycles. The van der Waals surface area contributed by atoms with Crippen LogP contribution in [0.4, 0.5) is 11.6 Å². The Morgan fingerprint density at radius 3 is 2.86 bits per heavy atom. The molecule has 110 valence electrons. The zero-order chi connectivity index (χ0) is 14.7. The lowest BCUT2D eigenvalue weighted by Gasteiger charge is -2.25. The molecule has 21 heavy (non-hydrogen) atoms. The number of nitrogens with one attached hydrogen (secondary N) is 1. The molecule has 1 aliphatic rings. The number of aromatic nitrogens is 3. The normalized spacial score (nSPS) is 15.5. The number of rotatable bonds is 6. The Morgan fingerprint density at radius 1 is 1.29 bits per heavy atom. The third kappa shape index (κ3) is 3.48. The fourth-order valence-corrected chi connectivity index (χ4v) is 2.23. The second kappa shape index (κ2) is 6.08. The Bertz CT molecular complexity index is 582. The summed E-state index contributed by atoms with van der Waals surface area (Å²) in [5.74, 6) is 2.63. The fourth-order valence-electron chi connectivity index (χ4n) is 2.23. The van der Waals surface area contributed by atoms with E-state index in [-0.39, 0.29) is 6.04 Å². The molecule has 0 amide bonds. The van der Waals surface area contributed by atoms with E-state index in [1.54, 1.807) is 6.33 Å². The van der Waals surface area contributed by atoms with Crippen LogP contribution in [0, 0.1) is 5.92 Å². The van der Waals surface area contributed by atoms with Crippen molar-refractivity contribution in [3.63, 3.8) is 0 Å². The third-order valence-corrected chi connectivity index (χ3v) is 3.98. The van der Waals surface area contributed by atoms with Gasteiger partial charge in [-0.15, -0.1) is 0 Å². The first-order valence-electron chi connectivity index (χ1n) is 7.43. The van der Waals surface area contributed by atoms with Crippen molar-refractivity contribution in [1.82, 2.24) is 15.0 Å². The monoisotopic (exact) mass is 283 g/mol. The van der Waals surface area contributed by atoms with Gasteiger partial charge in [0.2, 0.25) is 0 Å². The number of anilines is 2. The summed E-state index contributed by atoms with van der Waals surface area (Å²) in [5, 5.41) is 3.39. The number of hydrogen-bond acceptors (Lipinski definition) is 5. The quantitative estimate of drug-likeness (QED) is 0.883. The maximum atomic E-state index is 4.41. The first-order chi connectivity index (χ1) is 10.2. The van der Waals surface area contributed by atoms with Gasteiger partial charge in [0.25, 0.3) is 0 Å². The lowest BCUT2D eigenvalue weighted by atomic mass is 10.2. The Kier molecular flexibility index (Phi) is 3.99. The Morgan fingerprint density at radius 2 is 2.14 bits per heavy atom. The third-order valence-electron chi connectivity index (χ3n) is 3.98. The highest BCUT2D eigenvalue weighted by Gasteiger charge is 2.21. The van der Waals surface area contributed by atoms with Crippen LogP contribution in [0.1, 0.15) is 31.5 Å². The van der Waals surface area contributed by atoms with Crippen LogP contribution < -0.4 is 10.2 Å². The Labute approximate surface area is 125 Å². The molecule has 2 aromatic heterocycles. The van der Waals surface area contributed by atoms with E-state index < -0.39 is 0 Å². The average Bonchev–Trinajstić information content (AvgIpc) is 3.37. The van der Waals surface area contributed by atoms with Crippen LogP contribution in [0.3, 0.4) is 0 Å². The smallest absolute Gasteiger partial charge is 0.134 e. The van der Waals surface area contributed by atoms with Gasteiger partial charge < -0.3 is 10.2 Å². The highest BCUT2D eigenvalue weighted by Crippen LogP contribution is 2.29. The van der Waals surface area contributed by atoms with E-state index in [4.69, 9.17) is 0 Å². The molecule has 0 unspecified atom stereocenters. The minimum Gasteiger partial charge on any atom is -0.370 e. The molecule has 1 atom stereocenters. The summed E-state index contributed by atoms with van der Waals surface area (Å²) in [4.78, 5) is 15.2. The van der Waals surface area contributed by atoms with Crippen LogP contribution in [0.5, 0.6) is 0 Å². The topological polar surface area (TPSA) is 53.9 Å². The molecule has 5 nitrogen and oxygen atoms in total. The first-order valence-corrected chi connectivity index (χ1v) is 7.43. The summed E-state index contributed by atoms with van der Waals surface area (Å²) in [6, 6.07) is 8.14. The van der Waals surface area contributed by atoms with Gasteiger partial charge in [-0.25, -0.2) is 9.97 Å². The van der Waals surface area contributed by atoms with Gasteiger partial charge in [-0.1, -0.05) is 6.07 Å². The number of hydrogen-bond donors (Lipinski definition) is 1. The van der Waals surface area contributed by atoms with Crippen molar-refractivity contribution in [2.45, 2.75) is 25.8 Å². The lowest BCUT2D eigenvalue weighted by molar-refractivity contribution is 0.703. The second-order valence-electron chi connectivity index (χ2n) is 5.63. The van der Waals surface area contributed by atoms with Crippen molar-refractivity contribution in [3.05, 3.63) is 42.5 Å². The van der Waals surface area contributed by atoms with Crippen molar-refractivity contribution < 1.29 is 0 Å². The highest BCUT2D eigenvalue weighted by atomic mass is 15.2. The molecule has 0 bridgehead atoms. The van der Waals surface area contributed by atoms with E-state index in [0.717, 1.165) is 29.8 Å². The van der Waals surface area contributed by atoms with Gasteiger partial charge in [-0.2, -0.15) is 0 Å². The summed E-state index contributed by atoms with van der Waals surface area (Å²) in [7, 11) is 2.03. The molecule has 2 aromatic rings. The molecule has 1 fully saturated rings. The van der Waals surface area contributed by atoms with Crippen molar-refractivity contribution in [1.29, 1.82) is 0 Å². The maximum absolute atomic E-state index is 4.41. The molecular formula is C16H21N5. The van der Waals surface area contributed by atoms with E-state index in [0.29, 0.717) is 0 Å². The van der Waals surface area contributed by atoms with Gasteiger partial charge in [-0.05, 0) is 37.8 Å². The zero-order valence-electron chi connectivity index (χ0n) is 12.5. The summed E-state index contributed by atoms with van der Waals surface area (Å²) >= 11 is 0. The average molecular weight is 283 g/mol. The summed E-state index contributed by atoms with van der Waals surface area (Å²) < 4.78 is 0. The highest BCUT2D eigenvalue weighted by molar-refractivity contribution is 5.49. The van der Waals surface area contributed by atoms with Gasteiger partial charge in [0, 0.05) is 25.9 Å². The molecule has 1 aliphatic carbocycles. The standard InChI is InChI=1S/C16H21N5/c1-12(14-5-3-4-8-17-14)21(2)16-9-15(19-11-20-16)18-10-13-6-7-13/h3-5,8-9,11-13H,6-7,10H2,1-2H3,(H,18,19,20)/t12-/m1/s1. The molecule has 1 N–H and O–H groups in total. The van der Waals surface area contributed by atoms with Crippen LogP contribution in [0.25, 0.3) is 0 Å². The van der Waals surface area contributed by atoms with Crippen LogP contribution in [-0.2, 0) is 0 Å². The van der Waals surface area contributed by atoms with Crippen LogP contribution in [0.2, 0.25) is 0 Å². The molecule has 0 spiro atoms. The molecule has 5 heteroatoms. The van der Waals surface area contributed by atoms with Crippen molar-refractivity contribution >= 4 is 11.6 Å². The molecule has 0 aromatic carbocycles. The Balaban J connectivity index is 1.71. The van der Waals surface area contributed by atoms with E-state index >= 15 is 0 Å². The minimum absolute atomic E-state index is 0.164. The lowest BCUT2D eigenvalue weighted by Crippen LogP contribution is -2.23. The maximum Gasteiger partial charge on any atom is 0.134 e. The van der Waals surface area contributed by atoms with Crippen LogP contribution >= 0.6 is 0 Å². The van der Waals surface area contributed by atoms with Gasteiger partial charge in [-0.3, -0.25) is 4.98 Å². The summed E-state index contributed by atoms with van der Waals surface area (Å²) in [6.07, 6.45) is 6.11. The molecular weight excluding hydrogens is 262 g/mol. The molecule has 0 radical (unpaired) electrons. The van der Waals surface area contributed by atoms with Crippen molar-refractivity contribution in [3.8, 4) is 0 Å². The van der Waals surface area contributed by atoms with Gasteiger partial charge in [0.15, 0.2) is 0 Å². The fraction of sp³-hybridized carbons (Fsp3) is 0.438. The molecule has 0 saturated heterocycles. The van der Waals surface area contributed by atoms with Crippen molar-refractivity contribution in [2.75, 3.05) is 23.8 Å².